The molecule has 0 saturated heterocycles. The Kier molecular flexibility index (Phi) is 6.42. The molecular weight excluding hydrogens is 458 g/mol. The minimum absolute atomic E-state index is 0.00325. The summed E-state index contributed by atoms with van der Waals surface area (Å²) in [7, 11) is -3.15. The minimum atomic E-state index is -4.22. The van der Waals surface area contributed by atoms with Crippen LogP contribution in [0.15, 0.2) is 30.3 Å². The Labute approximate surface area is 190 Å². The van der Waals surface area contributed by atoms with E-state index in [9.17, 15) is 17.6 Å². The number of benzene rings is 2. The number of allylic oxidation sites excluding steroid dienone is 1. The first-order chi connectivity index (χ1) is 15.6. The predicted molar refractivity (Wildman–Crippen MR) is 116 cm³/mol. The summed E-state index contributed by atoms with van der Waals surface area (Å²) in [6, 6.07) is 9.69. The molecule has 2 aromatic rings. The molecule has 0 N–H and O–H groups in total. The van der Waals surface area contributed by atoms with E-state index < -0.39 is 54.4 Å². The molecule has 177 valence electrons. The third-order valence-electron chi connectivity index (χ3n) is 6.97. The second-order valence-corrected chi connectivity index (χ2v) is 13.7. The fourth-order valence-corrected chi connectivity index (χ4v) is 10.2. The quantitative estimate of drug-likeness (QED) is 0.229. The van der Waals surface area contributed by atoms with Crippen molar-refractivity contribution in [3.63, 3.8) is 0 Å². The van der Waals surface area contributed by atoms with Gasteiger partial charge in [-0.2, -0.15) is 13.2 Å². The number of halogens is 6. The minimum Gasteiger partial charge on any atom is -0.539 e. The molecule has 33 heavy (non-hydrogen) atoms. The third-order valence-corrected chi connectivity index (χ3v) is 12.4. The van der Waals surface area contributed by atoms with E-state index in [4.69, 9.17) is 4.43 Å². The zero-order valence-corrected chi connectivity index (χ0v) is 19.5. The summed E-state index contributed by atoms with van der Waals surface area (Å²) in [6.07, 6.45) is 5.57. The fraction of sp³-hybridized carbons (Fsp3) is 0.440. The predicted octanol–water partition coefficient (Wildman–Crippen LogP) is 8.17. The monoisotopic (exact) mass is 483 g/mol. The molecule has 0 amide bonds. The lowest BCUT2D eigenvalue weighted by Gasteiger charge is -2.43. The zero-order chi connectivity index (χ0) is 24.0. The van der Waals surface area contributed by atoms with Crippen LogP contribution in [-0.2, 0) is 12.0 Å². The highest BCUT2D eigenvalue weighted by molar-refractivity contribution is 6.76. The van der Waals surface area contributed by atoms with Crippen LogP contribution >= 0.6 is 0 Å². The first kappa shape index (κ1) is 23.9. The molecule has 1 radical (unpaired) electrons. The summed E-state index contributed by atoms with van der Waals surface area (Å²) in [4.78, 5) is 0. The van der Waals surface area contributed by atoms with Gasteiger partial charge in [-0.3, -0.25) is 0 Å². The van der Waals surface area contributed by atoms with Crippen LogP contribution in [0, 0.1) is 23.5 Å². The van der Waals surface area contributed by atoms with Crippen molar-refractivity contribution in [2.45, 2.75) is 69.0 Å². The SMILES string of the molecule is CC(C)[Si](Cc1ccccc1)(Oc1c(F)c(F)c2c(c1F)C(F)(F)[C]=C2F)C1CCCCC1. The molecule has 1 unspecified atom stereocenters. The Balaban J connectivity index is 1.87. The molecule has 0 aliphatic heterocycles. The Morgan fingerprint density at radius 3 is 2.21 bits per heavy atom. The fourth-order valence-electron chi connectivity index (χ4n) is 5.25. The van der Waals surface area contributed by atoms with Crippen molar-refractivity contribution in [3.8, 4) is 5.75 Å². The summed E-state index contributed by atoms with van der Waals surface area (Å²) in [6.45, 7) is 3.79. The topological polar surface area (TPSA) is 9.23 Å². The van der Waals surface area contributed by atoms with Crippen LogP contribution in [0.25, 0.3) is 5.83 Å². The van der Waals surface area contributed by atoms with Gasteiger partial charge in [0.05, 0.1) is 17.2 Å². The Morgan fingerprint density at radius 1 is 0.970 bits per heavy atom. The standard InChI is InChI=1S/C25H25F6OSi/c1-15(2)33(17-11-7-4-8-12-17,14-16-9-5-3-6-10-16)32-24-22(28)20-19(21(27)23(24)29)18(26)13-25(20,30)31/h3,5-6,9-10,15,17H,4,7-8,11-12,14H2,1-2H3. The molecule has 2 aliphatic rings. The van der Waals surface area contributed by atoms with Gasteiger partial charge in [0.15, 0.2) is 17.4 Å². The lowest BCUT2D eigenvalue weighted by molar-refractivity contribution is 0.0421. The number of hydrogen-bond acceptors (Lipinski definition) is 1. The summed E-state index contributed by atoms with van der Waals surface area (Å²) in [5.41, 5.74) is -2.22. The smallest absolute Gasteiger partial charge is 0.305 e. The van der Waals surface area contributed by atoms with Crippen LogP contribution in [0.1, 0.15) is 62.6 Å². The molecule has 1 atom stereocenters. The Bertz CT molecular complexity index is 1060. The second-order valence-electron chi connectivity index (χ2n) is 9.24. The van der Waals surface area contributed by atoms with Crippen molar-refractivity contribution in [2.75, 3.05) is 0 Å². The summed E-state index contributed by atoms with van der Waals surface area (Å²) >= 11 is 0. The number of alkyl halides is 2. The Morgan fingerprint density at radius 2 is 1.61 bits per heavy atom. The van der Waals surface area contributed by atoms with Gasteiger partial charge in [0, 0.05) is 6.04 Å². The molecule has 1 nitrogen and oxygen atoms in total. The summed E-state index contributed by atoms with van der Waals surface area (Å²) in [5.74, 6) is -12.6. The zero-order valence-electron chi connectivity index (χ0n) is 18.5. The van der Waals surface area contributed by atoms with E-state index in [1.54, 1.807) is 0 Å². The number of hydrogen-bond donors (Lipinski definition) is 0. The van der Waals surface area contributed by atoms with E-state index in [-0.39, 0.29) is 11.1 Å². The molecule has 4 rings (SSSR count). The molecule has 2 aliphatic carbocycles. The van der Waals surface area contributed by atoms with Gasteiger partial charge in [-0.1, -0.05) is 63.4 Å². The Hall–Kier alpha value is -2.22. The van der Waals surface area contributed by atoms with Crippen molar-refractivity contribution in [2.24, 2.45) is 0 Å². The summed E-state index contributed by atoms with van der Waals surface area (Å²) in [5, 5.41) is 0. The van der Waals surface area contributed by atoms with Crippen molar-refractivity contribution < 1.29 is 30.8 Å². The van der Waals surface area contributed by atoms with Crippen molar-refractivity contribution in [3.05, 3.63) is 70.5 Å². The highest BCUT2D eigenvalue weighted by Crippen LogP contribution is 2.51. The maximum atomic E-state index is 15.4. The molecule has 0 spiro atoms. The molecule has 8 heteroatoms. The maximum Gasteiger partial charge on any atom is 0.305 e. The van der Waals surface area contributed by atoms with Crippen molar-refractivity contribution in [1.29, 1.82) is 0 Å². The molecule has 0 aromatic heterocycles. The average molecular weight is 484 g/mol. The largest absolute Gasteiger partial charge is 0.539 e. The molecular formula is C25H25F6OSi. The van der Waals surface area contributed by atoms with Gasteiger partial charge < -0.3 is 4.43 Å². The van der Waals surface area contributed by atoms with E-state index in [0.29, 0.717) is 6.04 Å². The molecule has 1 fully saturated rings. The first-order valence-corrected chi connectivity index (χ1v) is 13.5. The van der Waals surface area contributed by atoms with Gasteiger partial charge in [0.2, 0.25) is 5.82 Å². The van der Waals surface area contributed by atoms with E-state index in [1.807, 2.05) is 44.2 Å². The lowest BCUT2D eigenvalue weighted by atomic mass is 10.0. The van der Waals surface area contributed by atoms with Crippen LogP contribution in [0.5, 0.6) is 5.75 Å². The van der Waals surface area contributed by atoms with Crippen molar-refractivity contribution >= 4 is 14.1 Å². The van der Waals surface area contributed by atoms with Gasteiger partial charge in [-0.25, -0.2) is 13.2 Å². The average Bonchev–Trinajstić information content (AvgIpc) is 3.03. The van der Waals surface area contributed by atoms with Crippen molar-refractivity contribution in [1.82, 2.24) is 0 Å². The molecule has 0 bridgehead atoms. The third kappa shape index (κ3) is 4.11. The van der Waals surface area contributed by atoms with Crippen LogP contribution < -0.4 is 4.43 Å². The van der Waals surface area contributed by atoms with Gasteiger partial charge in [0.25, 0.3) is 8.32 Å². The van der Waals surface area contributed by atoms with Crippen LogP contribution in [-0.4, -0.2) is 8.32 Å². The highest BCUT2D eigenvalue weighted by atomic mass is 28.4. The van der Waals surface area contributed by atoms with E-state index >= 15 is 8.78 Å². The maximum absolute atomic E-state index is 15.4. The van der Waals surface area contributed by atoms with Gasteiger partial charge in [-0.05, 0) is 29.5 Å². The van der Waals surface area contributed by atoms with Crippen LogP contribution in [0.3, 0.4) is 0 Å². The van der Waals surface area contributed by atoms with Gasteiger partial charge >= 0.3 is 5.92 Å². The lowest BCUT2D eigenvalue weighted by Crippen LogP contribution is -2.53. The molecule has 1 saturated carbocycles. The second kappa shape index (κ2) is 8.85. The van der Waals surface area contributed by atoms with E-state index in [0.717, 1.165) is 43.7 Å². The molecule has 0 heterocycles. The highest BCUT2D eigenvalue weighted by Gasteiger charge is 2.52. The summed E-state index contributed by atoms with van der Waals surface area (Å²) < 4.78 is 93.9. The van der Waals surface area contributed by atoms with Crippen LogP contribution in [0.2, 0.25) is 11.1 Å². The first-order valence-electron chi connectivity index (χ1n) is 11.2. The number of fused-ring (bicyclic) bond motifs is 1. The van der Waals surface area contributed by atoms with E-state index in [1.165, 1.54) is 0 Å². The van der Waals surface area contributed by atoms with Gasteiger partial charge in [0.1, 0.15) is 5.83 Å². The van der Waals surface area contributed by atoms with E-state index in [2.05, 4.69) is 0 Å². The normalized spacial score (nSPS) is 19.8. The molecule has 2 aromatic carbocycles. The number of rotatable bonds is 6. The van der Waals surface area contributed by atoms with Crippen LogP contribution in [0.4, 0.5) is 26.3 Å². The van der Waals surface area contributed by atoms with Gasteiger partial charge in [-0.15, -0.1) is 0 Å².